The zero-order valence-electron chi connectivity index (χ0n) is 14.6. The Hall–Kier alpha value is -0.253. The first-order valence-corrected chi connectivity index (χ1v) is 12.5. The zero-order chi connectivity index (χ0) is 17.2. The monoisotopic (exact) mass is 349 g/mol. The second-order valence-corrected chi connectivity index (χ2v) is 14.9. The lowest BCUT2D eigenvalue weighted by molar-refractivity contribution is -0.0469. The maximum atomic E-state index is 13.4. The van der Waals surface area contributed by atoms with Crippen molar-refractivity contribution in [2.75, 3.05) is 0 Å². The van der Waals surface area contributed by atoms with Gasteiger partial charge < -0.3 is 0 Å². The molecule has 1 aliphatic rings. The summed E-state index contributed by atoms with van der Waals surface area (Å²) in [6.07, 6.45) is 0.692. The Balaban J connectivity index is 2.87. The smallest absolute Gasteiger partial charge is 0.242 e. The Morgan fingerprint density at radius 1 is 1.23 bits per heavy atom. The van der Waals surface area contributed by atoms with E-state index in [0.29, 0.717) is 12.8 Å². The van der Waals surface area contributed by atoms with E-state index in [-0.39, 0.29) is 24.8 Å². The van der Waals surface area contributed by atoms with Gasteiger partial charge in [-0.2, -0.15) is 0 Å². The minimum Gasteiger partial charge on any atom is -0.242 e. The molecule has 0 spiro atoms. The largest absolute Gasteiger partial charge is 0.248 e. The van der Waals surface area contributed by atoms with Crippen LogP contribution in [0.15, 0.2) is 0 Å². The van der Waals surface area contributed by atoms with Crippen LogP contribution in [-0.2, 0) is 11.0 Å². The molecular weight excluding hydrogens is 320 g/mol. The van der Waals surface area contributed by atoms with Gasteiger partial charge >= 0.3 is 0 Å². The highest BCUT2D eigenvalue weighted by Gasteiger charge is 2.38. The van der Waals surface area contributed by atoms with E-state index in [1.54, 1.807) is 0 Å². The van der Waals surface area contributed by atoms with Crippen molar-refractivity contribution in [1.82, 2.24) is 4.72 Å². The quantitative estimate of drug-likeness (QED) is 0.603. The third-order valence-corrected chi connectivity index (χ3v) is 6.10. The molecule has 0 aromatic carbocycles. The molecule has 1 unspecified atom stereocenters. The third-order valence-electron chi connectivity index (χ3n) is 3.63. The van der Waals surface area contributed by atoms with Gasteiger partial charge in [-0.05, 0) is 39.5 Å². The van der Waals surface area contributed by atoms with E-state index in [9.17, 15) is 13.0 Å². The summed E-state index contributed by atoms with van der Waals surface area (Å²) in [4.78, 5) is 0. The number of hydrogen-bond acceptors (Lipinski definition) is 1. The second-order valence-electron chi connectivity index (χ2n) is 8.19. The first kappa shape index (κ1) is 19.8. The molecule has 0 bridgehead atoms. The zero-order valence-corrected chi connectivity index (χ0v) is 16.4. The molecule has 0 heterocycles. The average Bonchev–Trinajstić information content (AvgIpc) is 2.32. The molecule has 1 saturated carbocycles. The van der Waals surface area contributed by atoms with Crippen molar-refractivity contribution in [3.63, 3.8) is 0 Å². The molecule has 0 aliphatic heterocycles. The summed E-state index contributed by atoms with van der Waals surface area (Å²) in [5.74, 6) is 0.728. The Morgan fingerprint density at radius 3 is 2.14 bits per heavy atom. The predicted molar refractivity (Wildman–Crippen MR) is 92.8 cm³/mol. The maximum absolute atomic E-state index is 13.4. The molecule has 1 fully saturated rings. The average molecular weight is 350 g/mol. The second kappa shape index (κ2) is 7.10. The SMILES string of the molecule is CC(C)(C)S(=O)N[C@H](C#C[Si](C)(C)C)C1CCC(F)(F)CC1. The molecule has 1 rings (SSSR count). The van der Waals surface area contributed by atoms with E-state index in [0.717, 1.165) is 0 Å². The topological polar surface area (TPSA) is 29.1 Å². The fourth-order valence-corrected chi connectivity index (χ4v) is 3.65. The number of halogens is 2. The van der Waals surface area contributed by atoms with E-state index < -0.39 is 29.7 Å². The van der Waals surface area contributed by atoms with Gasteiger partial charge in [0.25, 0.3) is 0 Å². The molecule has 2 atom stereocenters. The van der Waals surface area contributed by atoms with Crippen LogP contribution in [0, 0.1) is 17.4 Å². The summed E-state index contributed by atoms with van der Waals surface area (Å²) in [5.41, 5.74) is 3.30. The normalized spacial score (nSPS) is 22.5. The van der Waals surface area contributed by atoms with Gasteiger partial charge in [-0.15, -0.1) is 5.54 Å². The first-order valence-electron chi connectivity index (χ1n) is 7.89. The summed E-state index contributed by atoms with van der Waals surface area (Å²) < 4.78 is 41.8. The fraction of sp³-hybridized carbons (Fsp3) is 0.875. The van der Waals surface area contributed by atoms with Crippen LogP contribution >= 0.6 is 0 Å². The molecule has 22 heavy (non-hydrogen) atoms. The van der Waals surface area contributed by atoms with Gasteiger partial charge in [0.1, 0.15) is 8.07 Å². The highest BCUT2D eigenvalue weighted by atomic mass is 32.2. The van der Waals surface area contributed by atoms with E-state index in [1.165, 1.54) is 0 Å². The molecule has 0 radical (unpaired) electrons. The van der Waals surface area contributed by atoms with Gasteiger partial charge in [0.15, 0.2) is 0 Å². The fourth-order valence-electron chi connectivity index (χ4n) is 2.23. The molecule has 1 N–H and O–H groups in total. The number of alkyl halides is 2. The van der Waals surface area contributed by atoms with Gasteiger partial charge in [-0.3, -0.25) is 0 Å². The number of hydrogen-bond donors (Lipinski definition) is 1. The van der Waals surface area contributed by atoms with Crippen LogP contribution in [0.5, 0.6) is 0 Å². The Kier molecular flexibility index (Phi) is 6.39. The molecule has 0 aromatic heterocycles. The number of nitrogens with one attached hydrogen (secondary N) is 1. The van der Waals surface area contributed by atoms with Crippen LogP contribution in [-0.4, -0.2) is 29.0 Å². The molecular formula is C16H29F2NOSSi. The third kappa shape index (κ3) is 6.89. The molecule has 6 heteroatoms. The maximum Gasteiger partial charge on any atom is 0.248 e. The van der Waals surface area contributed by atoms with Crippen LogP contribution in [0.2, 0.25) is 19.6 Å². The molecule has 128 valence electrons. The molecule has 0 amide bonds. The van der Waals surface area contributed by atoms with Crippen molar-refractivity contribution in [2.24, 2.45) is 5.92 Å². The van der Waals surface area contributed by atoms with Gasteiger partial charge in [0, 0.05) is 12.8 Å². The van der Waals surface area contributed by atoms with Gasteiger partial charge in [0.2, 0.25) is 5.92 Å². The predicted octanol–water partition coefficient (Wildman–Crippen LogP) is 4.11. The lowest BCUT2D eigenvalue weighted by Gasteiger charge is -2.33. The van der Waals surface area contributed by atoms with Gasteiger partial charge in [-0.1, -0.05) is 25.6 Å². The van der Waals surface area contributed by atoms with Crippen LogP contribution in [0.1, 0.15) is 46.5 Å². The summed E-state index contributed by atoms with van der Waals surface area (Å²) in [7, 11) is -2.80. The summed E-state index contributed by atoms with van der Waals surface area (Å²) in [5, 5.41) is 0. The Labute approximate surface area is 137 Å². The lowest BCUT2D eigenvalue weighted by Crippen LogP contribution is -2.44. The Bertz CT molecular complexity index is 461. The minimum atomic E-state index is -2.55. The van der Waals surface area contributed by atoms with Crippen molar-refractivity contribution in [3.05, 3.63) is 0 Å². The highest BCUT2D eigenvalue weighted by Crippen LogP contribution is 2.37. The van der Waals surface area contributed by atoms with Crippen molar-refractivity contribution in [1.29, 1.82) is 0 Å². The van der Waals surface area contributed by atoms with Crippen LogP contribution in [0.25, 0.3) is 0 Å². The van der Waals surface area contributed by atoms with E-state index in [1.807, 2.05) is 20.8 Å². The standard InChI is InChI=1S/C16H29F2NOSSi/c1-15(2,3)21(20)19-14(9-12-22(4,5)6)13-7-10-16(17,18)11-8-13/h13-14,19H,7-8,10-11H2,1-6H3/t14-,21?/m1/s1. The number of rotatable bonds is 3. The Morgan fingerprint density at radius 2 is 1.73 bits per heavy atom. The highest BCUT2D eigenvalue weighted by molar-refractivity contribution is 7.84. The minimum absolute atomic E-state index is 0.0507. The first-order chi connectivity index (χ1) is 9.80. The summed E-state index contributed by atoms with van der Waals surface area (Å²) >= 11 is 0. The van der Waals surface area contributed by atoms with Crippen LogP contribution in [0.4, 0.5) is 8.78 Å². The molecule has 0 saturated heterocycles. The van der Waals surface area contributed by atoms with Crippen LogP contribution < -0.4 is 4.72 Å². The summed E-state index contributed by atoms with van der Waals surface area (Å²) in [6, 6.07) is -0.261. The molecule has 1 aliphatic carbocycles. The molecule has 0 aromatic rings. The van der Waals surface area contributed by atoms with Crippen molar-refractivity contribution >= 4 is 19.1 Å². The molecule has 2 nitrogen and oxygen atoms in total. The van der Waals surface area contributed by atoms with Gasteiger partial charge in [-0.25, -0.2) is 17.7 Å². The van der Waals surface area contributed by atoms with E-state index in [4.69, 9.17) is 0 Å². The van der Waals surface area contributed by atoms with Crippen molar-refractivity contribution in [3.8, 4) is 11.5 Å². The van der Waals surface area contributed by atoms with E-state index >= 15 is 0 Å². The van der Waals surface area contributed by atoms with Crippen molar-refractivity contribution in [2.45, 2.75) is 82.8 Å². The van der Waals surface area contributed by atoms with Crippen molar-refractivity contribution < 1.29 is 13.0 Å². The summed E-state index contributed by atoms with van der Waals surface area (Å²) in [6.45, 7) is 12.1. The van der Waals surface area contributed by atoms with E-state index in [2.05, 4.69) is 35.8 Å². The van der Waals surface area contributed by atoms with Crippen LogP contribution in [0.3, 0.4) is 0 Å². The lowest BCUT2D eigenvalue weighted by atomic mass is 9.82. The van der Waals surface area contributed by atoms with Gasteiger partial charge in [0.05, 0.1) is 21.8 Å².